The summed E-state index contributed by atoms with van der Waals surface area (Å²) in [5, 5.41) is 4.11. The van der Waals surface area contributed by atoms with Gasteiger partial charge < -0.3 is 9.26 Å². The van der Waals surface area contributed by atoms with Crippen LogP contribution in [-0.2, 0) is 11.2 Å². The minimum Gasteiger partial charge on any atom is -0.374 e. The van der Waals surface area contributed by atoms with Crippen LogP contribution in [0.3, 0.4) is 0 Å². The molecular weight excluding hydrogens is 320 g/mol. The standard InChI is InChI=1S/C15H15BrN2O2/c16-10-3-1-2-9(6-10)7-14-17-15(20-18-14)12-8-11-4-5-13(12)19-11/h1-3,6,11-13H,4-5,7-8H2/t11-,12+,13-/m1/s1. The van der Waals surface area contributed by atoms with E-state index in [0.717, 1.165) is 29.0 Å². The number of rotatable bonds is 3. The van der Waals surface area contributed by atoms with Gasteiger partial charge in [-0.05, 0) is 37.0 Å². The van der Waals surface area contributed by atoms with Gasteiger partial charge in [0.25, 0.3) is 0 Å². The number of ether oxygens (including phenoxy) is 1. The normalized spacial score (nSPS) is 28.1. The summed E-state index contributed by atoms with van der Waals surface area (Å²) in [6.07, 6.45) is 4.73. The van der Waals surface area contributed by atoms with Crippen LogP contribution in [0.15, 0.2) is 33.3 Å². The molecule has 0 N–H and O–H groups in total. The molecule has 2 bridgehead atoms. The fourth-order valence-corrected chi connectivity index (χ4v) is 3.66. The lowest BCUT2D eigenvalue weighted by Crippen LogP contribution is -2.14. The zero-order valence-corrected chi connectivity index (χ0v) is 12.5. The third-order valence-corrected chi connectivity index (χ3v) is 4.65. The van der Waals surface area contributed by atoms with Crippen LogP contribution in [0.2, 0.25) is 0 Å². The van der Waals surface area contributed by atoms with E-state index in [2.05, 4.69) is 38.2 Å². The Bertz CT molecular complexity index is 628. The van der Waals surface area contributed by atoms with Gasteiger partial charge in [0.15, 0.2) is 5.82 Å². The van der Waals surface area contributed by atoms with Crippen LogP contribution in [-0.4, -0.2) is 22.3 Å². The van der Waals surface area contributed by atoms with Gasteiger partial charge in [-0.1, -0.05) is 33.2 Å². The lowest BCUT2D eigenvalue weighted by Gasteiger charge is -2.13. The maximum Gasteiger partial charge on any atom is 0.232 e. The van der Waals surface area contributed by atoms with Gasteiger partial charge in [-0.25, -0.2) is 0 Å². The van der Waals surface area contributed by atoms with E-state index in [1.54, 1.807) is 0 Å². The van der Waals surface area contributed by atoms with Crippen LogP contribution in [0.25, 0.3) is 0 Å². The first-order chi connectivity index (χ1) is 9.78. The Labute approximate surface area is 125 Å². The molecule has 1 aromatic carbocycles. The van der Waals surface area contributed by atoms with Crippen LogP contribution >= 0.6 is 15.9 Å². The maximum absolute atomic E-state index is 5.85. The van der Waals surface area contributed by atoms with Crippen LogP contribution in [0.5, 0.6) is 0 Å². The van der Waals surface area contributed by atoms with Gasteiger partial charge in [-0.3, -0.25) is 0 Å². The van der Waals surface area contributed by atoms with Crippen molar-refractivity contribution < 1.29 is 9.26 Å². The van der Waals surface area contributed by atoms with E-state index >= 15 is 0 Å². The quantitative estimate of drug-likeness (QED) is 0.862. The highest BCUT2D eigenvalue weighted by Crippen LogP contribution is 2.43. The molecule has 5 heteroatoms. The van der Waals surface area contributed by atoms with Crippen molar-refractivity contribution in [2.75, 3.05) is 0 Å². The number of hydrogen-bond donors (Lipinski definition) is 0. The summed E-state index contributed by atoms with van der Waals surface area (Å²) in [6, 6.07) is 8.18. The minimum absolute atomic E-state index is 0.291. The Morgan fingerprint density at radius 3 is 3.00 bits per heavy atom. The molecule has 4 rings (SSSR count). The highest BCUT2D eigenvalue weighted by molar-refractivity contribution is 9.10. The van der Waals surface area contributed by atoms with E-state index in [-0.39, 0.29) is 0 Å². The van der Waals surface area contributed by atoms with Crippen LogP contribution in [0.4, 0.5) is 0 Å². The number of aromatic nitrogens is 2. The van der Waals surface area contributed by atoms with Crippen molar-refractivity contribution in [2.45, 2.75) is 43.8 Å². The van der Waals surface area contributed by atoms with Crippen LogP contribution in [0, 0.1) is 0 Å². The SMILES string of the molecule is Brc1cccc(Cc2noc([C@H]3C[C@H]4CC[C@H]3O4)n2)c1. The zero-order valence-electron chi connectivity index (χ0n) is 11.0. The van der Waals surface area contributed by atoms with Crippen molar-refractivity contribution in [2.24, 2.45) is 0 Å². The molecule has 0 amide bonds. The summed E-state index contributed by atoms with van der Waals surface area (Å²) in [4.78, 5) is 4.56. The number of fused-ring (bicyclic) bond motifs is 2. The van der Waals surface area contributed by atoms with Crippen molar-refractivity contribution in [3.8, 4) is 0 Å². The molecule has 4 nitrogen and oxygen atoms in total. The molecule has 2 aliphatic rings. The molecule has 0 spiro atoms. The molecule has 3 heterocycles. The van der Waals surface area contributed by atoms with Crippen LogP contribution in [0.1, 0.15) is 42.5 Å². The number of halogens is 1. The minimum atomic E-state index is 0.291. The molecule has 2 saturated heterocycles. The Morgan fingerprint density at radius 1 is 1.30 bits per heavy atom. The van der Waals surface area contributed by atoms with Crippen LogP contribution < -0.4 is 0 Å². The average Bonchev–Trinajstić information content (AvgIpc) is 3.13. The lowest BCUT2D eigenvalue weighted by atomic mass is 9.89. The Kier molecular flexibility index (Phi) is 3.11. The molecule has 0 unspecified atom stereocenters. The fraction of sp³-hybridized carbons (Fsp3) is 0.467. The largest absolute Gasteiger partial charge is 0.374 e. The van der Waals surface area contributed by atoms with E-state index < -0.39 is 0 Å². The van der Waals surface area contributed by atoms with Gasteiger partial charge >= 0.3 is 0 Å². The second-order valence-electron chi connectivity index (χ2n) is 5.57. The predicted molar refractivity (Wildman–Crippen MR) is 76.5 cm³/mol. The molecular formula is C15H15BrN2O2. The van der Waals surface area contributed by atoms with Crippen molar-refractivity contribution >= 4 is 15.9 Å². The number of nitrogens with zero attached hydrogens (tertiary/aromatic N) is 2. The second-order valence-corrected chi connectivity index (χ2v) is 6.49. The zero-order chi connectivity index (χ0) is 13.5. The Hall–Kier alpha value is -1.20. The number of benzene rings is 1. The molecule has 2 aromatic rings. The van der Waals surface area contributed by atoms with Crippen molar-refractivity contribution in [1.29, 1.82) is 0 Å². The summed E-state index contributed by atoms with van der Waals surface area (Å²) in [7, 11) is 0. The molecule has 0 radical (unpaired) electrons. The molecule has 104 valence electrons. The van der Waals surface area contributed by atoms with E-state index in [1.807, 2.05) is 12.1 Å². The van der Waals surface area contributed by atoms with Gasteiger partial charge in [0, 0.05) is 10.9 Å². The van der Waals surface area contributed by atoms with Gasteiger partial charge in [-0.15, -0.1) is 0 Å². The van der Waals surface area contributed by atoms with Crippen molar-refractivity contribution in [3.63, 3.8) is 0 Å². The van der Waals surface area contributed by atoms with Crippen molar-refractivity contribution in [1.82, 2.24) is 10.1 Å². The maximum atomic E-state index is 5.85. The first-order valence-electron chi connectivity index (χ1n) is 7.00. The smallest absolute Gasteiger partial charge is 0.232 e. The fourth-order valence-electron chi connectivity index (χ4n) is 3.22. The Morgan fingerprint density at radius 2 is 2.25 bits per heavy atom. The Balaban J connectivity index is 1.51. The predicted octanol–water partition coefficient (Wildman–Crippen LogP) is 3.46. The molecule has 3 atom stereocenters. The van der Waals surface area contributed by atoms with E-state index in [9.17, 15) is 0 Å². The molecule has 20 heavy (non-hydrogen) atoms. The summed E-state index contributed by atoms with van der Waals surface area (Å²) in [5.41, 5.74) is 1.18. The average molecular weight is 335 g/mol. The summed E-state index contributed by atoms with van der Waals surface area (Å²) in [5.74, 6) is 1.81. The molecule has 2 aliphatic heterocycles. The topological polar surface area (TPSA) is 48.2 Å². The van der Waals surface area contributed by atoms with Gasteiger partial charge in [0.05, 0.1) is 18.1 Å². The third kappa shape index (κ3) is 2.29. The van der Waals surface area contributed by atoms with E-state index in [1.165, 1.54) is 12.0 Å². The van der Waals surface area contributed by atoms with Crippen molar-refractivity contribution in [3.05, 3.63) is 46.0 Å². The molecule has 0 saturated carbocycles. The highest BCUT2D eigenvalue weighted by atomic mass is 79.9. The highest BCUT2D eigenvalue weighted by Gasteiger charge is 2.44. The first-order valence-corrected chi connectivity index (χ1v) is 7.79. The van der Waals surface area contributed by atoms with Gasteiger partial charge in [0.1, 0.15) is 0 Å². The molecule has 1 aromatic heterocycles. The third-order valence-electron chi connectivity index (χ3n) is 4.16. The summed E-state index contributed by atoms with van der Waals surface area (Å²) in [6.45, 7) is 0. The van der Waals surface area contributed by atoms with Gasteiger partial charge in [-0.2, -0.15) is 4.98 Å². The number of hydrogen-bond acceptors (Lipinski definition) is 4. The molecule has 0 aliphatic carbocycles. The summed E-state index contributed by atoms with van der Waals surface area (Å²) >= 11 is 3.48. The summed E-state index contributed by atoms with van der Waals surface area (Å²) < 4.78 is 12.4. The lowest BCUT2D eigenvalue weighted by molar-refractivity contribution is 0.0974. The first kappa shape index (κ1) is 12.5. The van der Waals surface area contributed by atoms with Gasteiger partial charge in [0.2, 0.25) is 5.89 Å². The second kappa shape index (κ2) is 4.97. The van der Waals surface area contributed by atoms with E-state index in [0.29, 0.717) is 24.5 Å². The van der Waals surface area contributed by atoms with E-state index in [4.69, 9.17) is 9.26 Å². The monoisotopic (exact) mass is 334 g/mol. The molecule has 2 fully saturated rings.